The van der Waals surface area contributed by atoms with Crippen molar-refractivity contribution >= 4 is 27.7 Å². The van der Waals surface area contributed by atoms with Crippen molar-refractivity contribution in [2.75, 3.05) is 11.9 Å². The van der Waals surface area contributed by atoms with Crippen molar-refractivity contribution in [3.8, 4) is 0 Å². The number of alkyl halides is 1. The molecule has 0 heterocycles. The Hall–Kier alpha value is -0.640. The van der Waals surface area contributed by atoms with Gasteiger partial charge in [-0.2, -0.15) is 0 Å². The quantitative estimate of drug-likeness (QED) is 0.154. The Morgan fingerprint density at radius 1 is 1.11 bits per heavy atom. The summed E-state index contributed by atoms with van der Waals surface area (Å²) < 4.78 is 5.11. The first kappa shape index (κ1) is 17.4. The van der Waals surface area contributed by atoms with E-state index in [1.165, 1.54) is 0 Å². The SMILES string of the molecule is CCCCC=C(C(=O)CBr)C(=O)OCCCCC. The van der Waals surface area contributed by atoms with E-state index < -0.39 is 5.97 Å². The maximum atomic E-state index is 11.8. The molecule has 0 saturated carbocycles. The minimum absolute atomic E-state index is 0.162. The van der Waals surface area contributed by atoms with Crippen LogP contribution in [0.3, 0.4) is 0 Å². The molecular weight excluding hydrogens is 296 g/mol. The standard InChI is InChI=1S/C14H23BrO3/c1-3-5-7-9-12(13(16)11-15)14(17)18-10-8-6-4-2/h9H,3-8,10-11H2,1-2H3. The van der Waals surface area contributed by atoms with Crippen LogP contribution < -0.4 is 0 Å². The van der Waals surface area contributed by atoms with E-state index in [2.05, 4.69) is 29.8 Å². The van der Waals surface area contributed by atoms with Gasteiger partial charge in [-0.15, -0.1) is 0 Å². The molecule has 0 bridgehead atoms. The predicted molar refractivity (Wildman–Crippen MR) is 76.9 cm³/mol. The smallest absolute Gasteiger partial charge is 0.341 e. The fourth-order valence-electron chi connectivity index (χ4n) is 1.43. The maximum Gasteiger partial charge on any atom is 0.341 e. The second kappa shape index (κ2) is 11.5. The molecule has 0 unspecified atom stereocenters. The fourth-order valence-corrected chi connectivity index (χ4v) is 1.73. The molecule has 0 aromatic heterocycles. The molecule has 0 aliphatic carbocycles. The second-order valence-electron chi connectivity index (χ2n) is 4.16. The highest BCUT2D eigenvalue weighted by molar-refractivity contribution is 9.09. The van der Waals surface area contributed by atoms with Crippen molar-refractivity contribution in [3.05, 3.63) is 11.6 Å². The van der Waals surface area contributed by atoms with Crippen LogP contribution in [-0.4, -0.2) is 23.7 Å². The van der Waals surface area contributed by atoms with Gasteiger partial charge in [-0.3, -0.25) is 4.79 Å². The van der Waals surface area contributed by atoms with Gasteiger partial charge in [0, 0.05) is 0 Å². The van der Waals surface area contributed by atoms with Gasteiger partial charge in [-0.25, -0.2) is 4.79 Å². The van der Waals surface area contributed by atoms with Gasteiger partial charge in [0.05, 0.1) is 17.5 Å². The number of hydrogen-bond acceptors (Lipinski definition) is 3. The van der Waals surface area contributed by atoms with Gasteiger partial charge in [-0.05, 0) is 12.8 Å². The highest BCUT2D eigenvalue weighted by atomic mass is 79.9. The zero-order valence-corrected chi connectivity index (χ0v) is 12.9. The van der Waals surface area contributed by atoms with Crippen LogP contribution in [0.25, 0.3) is 0 Å². The molecule has 104 valence electrons. The van der Waals surface area contributed by atoms with Crippen molar-refractivity contribution in [2.45, 2.75) is 52.4 Å². The molecular formula is C14H23BrO3. The van der Waals surface area contributed by atoms with E-state index in [9.17, 15) is 9.59 Å². The molecule has 0 aliphatic rings. The van der Waals surface area contributed by atoms with Crippen LogP contribution in [0.15, 0.2) is 11.6 Å². The molecule has 0 aromatic carbocycles. The number of halogens is 1. The van der Waals surface area contributed by atoms with Gasteiger partial charge in [0.15, 0.2) is 5.78 Å². The highest BCUT2D eigenvalue weighted by Crippen LogP contribution is 2.08. The molecule has 18 heavy (non-hydrogen) atoms. The van der Waals surface area contributed by atoms with Crippen LogP contribution in [-0.2, 0) is 14.3 Å². The average molecular weight is 319 g/mol. The van der Waals surface area contributed by atoms with E-state index in [0.717, 1.165) is 38.5 Å². The summed E-state index contributed by atoms with van der Waals surface area (Å²) in [6, 6.07) is 0. The van der Waals surface area contributed by atoms with Gasteiger partial charge >= 0.3 is 5.97 Å². The minimum Gasteiger partial charge on any atom is -0.462 e. The Balaban J connectivity index is 4.32. The summed E-state index contributed by atoms with van der Waals surface area (Å²) in [5, 5.41) is 0.162. The zero-order chi connectivity index (χ0) is 13.8. The minimum atomic E-state index is -0.480. The van der Waals surface area contributed by atoms with Gasteiger partial charge in [0.1, 0.15) is 0 Å². The summed E-state index contributed by atoms with van der Waals surface area (Å²) >= 11 is 3.09. The zero-order valence-electron chi connectivity index (χ0n) is 11.3. The Bertz CT molecular complexity index is 285. The third-order valence-electron chi connectivity index (χ3n) is 2.53. The molecule has 3 nitrogen and oxygen atoms in total. The number of carbonyl (C=O) groups excluding carboxylic acids is 2. The molecule has 0 radical (unpaired) electrons. The Morgan fingerprint density at radius 3 is 2.33 bits per heavy atom. The first-order chi connectivity index (χ1) is 8.67. The van der Waals surface area contributed by atoms with Crippen LogP contribution in [0.1, 0.15) is 52.4 Å². The van der Waals surface area contributed by atoms with E-state index >= 15 is 0 Å². The summed E-state index contributed by atoms with van der Waals surface area (Å²) in [7, 11) is 0. The van der Waals surface area contributed by atoms with Crippen LogP contribution in [0, 0.1) is 0 Å². The Kier molecular flexibility index (Phi) is 11.0. The number of carbonyl (C=O) groups is 2. The molecule has 0 fully saturated rings. The van der Waals surface area contributed by atoms with Gasteiger partial charge < -0.3 is 4.74 Å². The maximum absolute atomic E-state index is 11.8. The molecule has 0 rings (SSSR count). The average Bonchev–Trinajstić information content (AvgIpc) is 2.38. The summed E-state index contributed by atoms with van der Waals surface area (Å²) in [5.41, 5.74) is 0.192. The second-order valence-corrected chi connectivity index (χ2v) is 4.72. The van der Waals surface area contributed by atoms with Crippen molar-refractivity contribution < 1.29 is 14.3 Å². The number of ether oxygens (including phenoxy) is 1. The Labute approximate surface area is 118 Å². The van der Waals surface area contributed by atoms with E-state index in [0.29, 0.717) is 6.61 Å². The van der Waals surface area contributed by atoms with E-state index in [1.807, 2.05) is 0 Å². The van der Waals surface area contributed by atoms with Crippen molar-refractivity contribution in [1.29, 1.82) is 0 Å². The van der Waals surface area contributed by atoms with Crippen molar-refractivity contribution in [2.24, 2.45) is 0 Å². The van der Waals surface area contributed by atoms with Crippen LogP contribution in [0.2, 0.25) is 0 Å². The summed E-state index contributed by atoms with van der Waals surface area (Å²) in [6.07, 6.45) is 7.43. The number of rotatable bonds is 10. The topological polar surface area (TPSA) is 43.4 Å². The monoisotopic (exact) mass is 318 g/mol. The third-order valence-corrected chi connectivity index (χ3v) is 3.04. The van der Waals surface area contributed by atoms with E-state index in [1.54, 1.807) is 6.08 Å². The molecule has 0 saturated heterocycles. The van der Waals surface area contributed by atoms with E-state index in [4.69, 9.17) is 4.74 Å². The largest absolute Gasteiger partial charge is 0.462 e. The van der Waals surface area contributed by atoms with Gasteiger partial charge in [0.2, 0.25) is 0 Å². The lowest BCUT2D eigenvalue weighted by Gasteiger charge is -2.06. The molecule has 0 amide bonds. The number of Topliss-reactive ketones (excluding diaryl/α,β-unsaturated/α-hetero) is 1. The van der Waals surface area contributed by atoms with Crippen molar-refractivity contribution in [1.82, 2.24) is 0 Å². The lowest BCUT2D eigenvalue weighted by molar-refractivity contribution is -0.140. The van der Waals surface area contributed by atoms with Gasteiger partial charge in [-0.1, -0.05) is 61.5 Å². The summed E-state index contributed by atoms with van der Waals surface area (Å²) in [5.74, 6) is -0.682. The van der Waals surface area contributed by atoms with Gasteiger partial charge in [0.25, 0.3) is 0 Å². The lowest BCUT2D eigenvalue weighted by Crippen LogP contribution is -2.17. The number of ketones is 1. The fraction of sp³-hybridized carbons (Fsp3) is 0.714. The molecule has 0 atom stereocenters. The van der Waals surface area contributed by atoms with E-state index in [-0.39, 0.29) is 16.7 Å². The summed E-state index contributed by atoms with van der Waals surface area (Å²) in [4.78, 5) is 23.4. The first-order valence-electron chi connectivity index (χ1n) is 6.63. The number of esters is 1. The molecule has 0 aliphatic heterocycles. The number of unbranched alkanes of at least 4 members (excludes halogenated alkanes) is 4. The van der Waals surface area contributed by atoms with Crippen LogP contribution in [0.5, 0.6) is 0 Å². The van der Waals surface area contributed by atoms with Crippen LogP contribution >= 0.6 is 15.9 Å². The highest BCUT2D eigenvalue weighted by Gasteiger charge is 2.17. The number of allylic oxidation sites excluding steroid dienone is 1. The molecule has 4 heteroatoms. The predicted octanol–water partition coefficient (Wildman–Crippen LogP) is 3.80. The normalized spacial score (nSPS) is 11.4. The number of hydrogen-bond donors (Lipinski definition) is 0. The lowest BCUT2D eigenvalue weighted by atomic mass is 10.1. The molecule has 0 spiro atoms. The Morgan fingerprint density at radius 2 is 1.78 bits per heavy atom. The van der Waals surface area contributed by atoms with Crippen LogP contribution in [0.4, 0.5) is 0 Å². The summed E-state index contributed by atoms with van der Waals surface area (Å²) in [6.45, 7) is 4.56. The van der Waals surface area contributed by atoms with Crippen molar-refractivity contribution in [3.63, 3.8) is 0 Å². The first-order valence-corrected chi connectivity index (χ1v) is 7.75. The molecule has 0 N–H and O–H groups in total. The molecule has 0 aromatic rings. The third kappa shape index (κ3) is 7.64.